The van der Waals surface area contributed by atoms with Crippen molar-refractivity contribution in [1.29, 1.82) is 0 Å². The fourth-order valence-electron chi connectivity index (χ4n) is 1.77. The van der Waals surface area contributed by atoms with Gasteiger partial charge in [-0.3, -0.25) is 4.79 Å². The molecule has 19 heavy (non-hydrogen) atoms. The molecular weight excluding hydrogens is 330 g/mol. The number of hydrogen-bond donors (Lipinski definition) is 0. The molecule has 106 valence electrons. The lowest BCUT2D eigenvalue weighted by Crippen LogP contribution is -2.41. The van der Waals surface area contributed by atoms with Gasteiger partial charge in [-0.25, -0.2) is 8.42 Å². The SMILES string of the molecule is CCN(CC)C(=O)C(C)S(=O)(=O)c1cccc(Br)c1. The molecule has 0 aliphatic rings. The van der Waals surface area contributed by atoms with Crippen LogP contribution in [0.2, 0.25) is 0 Å². The molecule has 1 aromatic rings. The first-order valence-electron chi connectivity index (χ1n) is 6.12. The van der Waals surface area contributed by atoms with Crippen LogP contribution in [0.15, 0.2) is 33.6 Å². The highest BCUT2D eigenvalue weighted by Gasteiger charge is 2.32. The minimum Gasteiger partial charge on any atom is -0.342 e. The molecule has 0 saturated heterocycles. The lowest BCUT2D eigenvalue weighted by atomic mass is 10.4. The predicted molar refractivity (Wildman–Crippen MR) is 78.7 cm³/mol. The van der Waals surface area contributed by atoms with E-state index >= 15 is 0 Å². The van der Waals surface area contributed by atoms with Gasteiger partial charge in [-0.05, 0) is 39.0 Å². The highest BCUT2D eigenvalue weighted by atomic mass is 79.9. The number of hydrogen-bond acceptors (Lipinski definition) is 3. The van der Waals surface area contributed by atoms with Crippen molar-refractivity contribution in [1.82, 2.24) is 4.90 Å². The molecule has 1 aromatic carbocycles. The number of rotatable bonds is 5. The summed E-state index contributed by atoms with van der Waals surface area (Å²) in [4.78, 5) is 13.8. The fourth-order valence-corrected chi connectivity index (χ4v) is 3.71. The summed E-state index contributed by atoms with van der Waals surface area (Å²) in [7, 11) is -3.65. The minimum absolute atomic E-state index is 0.162. The van der Waals surface area contributed by atoms with Gasteiger partial charge in [-0.15, -0.1) is 0 Å². The van der Waals surface area contributed by atoms with Crippen LogP contribution in [0.4, 0.5) is 0 Å². The maximum Gasteiger partial charge on any atom is 0.240 e. The largest absolute Gasteiger partial charge is 0.342 e. The van der Waals surface area contributed by atoms with E-state index in [1.54, 1.807) is 12.1 Å². The third-order valence-electron chi connectivity index (χ3n) is 3.01. The fraction of sp³-hybridized carbons (Fsp3) is 0.462. The van der Waals surface area contributed by atoms with Crippen molar-refractivity contribution in [3.8, 4) is 0 Å². The number of carbonyl (C=O) groups excluding carboxylic acids is 1. The molecule has 4 nitrogen and oxygen atoms in total. The van der Waals surface area contributed by atoms with Gasteiger partial charge in [0.15, 0.2) is 9.84 Å². The molecule has 0 radical (unpaired) electrons. The lowest BCUT2D eigenvalue weighted by molar-refractivity contribution is -0.130. The van der Waals surface area contributed by atoms with Crippen molar-refractivity contribution in [3.05, 3.63) is 28.7 Å². The first kappa shape index (κ1) is 16.2. The number of benzene rings is 1. The first-order chi connectivity index (χ1) is 8.84. The van der Waals surface area contributed by atoms with Crippen molar-refractivity contribution >= 4 is 31.7 Å². The number of carbonyl (C=O) groups is 1. The van der Waals surface area contributed by atoms with Crippen LogP contribution in [0, 0.1) is 0 Å². The van der Waals surface area contributed by atoms with Gasteiger partial charge in [0, 0.05) is 17.6 Å². The summed E-state index contributed by atoms with van der Waals surface area (Å²) in [5, 5.41) is -1.07. The Balaban J connectivity index is 3.10. The van der Waals surface area contributed by atoms with Crippen LogP contribution in [0.1, 0.15) is 20.8 Å². The highest BCUT2D eigenvalue weighted by molar-refractivity contribution is 9.10. The molecule has 1 rings (SSSR count). The summed E-state index contributed by atoms with van der Waals surface area (Å²) >= 11 is 3.24. The third-order valence-corrected chi connectivity index (χ3v) is 5.55. The predicted octanol–water partition coefficient (Wildman–Crippen LogP) is 2.48. The van der Waals surface area contributed by atoms with Gasteiger partial charge >= 0.3 is 0 Å². The first-order valence-corrected chi connectivity index (χ1v) is 8.46. The Morgan fingerprint density at radius 1 is 1.32 bits per heavy atom. The van der Waals surface area contributed by atoms with Crippen LogP contribution < -0.4 is 0 Å². The zero-order chi connectivity index (χ0) is 14.6. The highest BCUT2D eigenvalue weighted by Crippen LogP contribution is 2.21. The molecule has 0 N–H and O–H groups in total. The summed E-state index contributed by atoms with van der Waals surface area (Å²) in [5.74, 6) is -0.357. The maximum atomic E-state index is 12.4. The Hall–Kier alpha value is -0.880. The molecule has 1 atom stereocenters. The number of amides is 1. The number of nitrogens with zero attached hydrogens (tertiary/aromatic N) is 1. The van der Waals surface area contributed by atoms with E-state index in [4.69, 9.17) is 0 Å². The Bertz CT molecular complexity index is 553. The van der Waals surface area contributed by atoms with Crippen molar-refractivity contribution < 1.29 is 13.2 Å². The quantitative estimate of drug-likeness (QED) is 0.822. The molecule has 0 heterocycles. The molecule has 0 saturated carbocycles. The topological polar surface area (TPSA) is 54.5 Å². The molecular formula is C13H18BrNO3S. The van der Waals surface area contributed by atoms with Crippen LogP contribution in [0.25, 0.3) is 0 Å². The van der Waals surface area contributed by atoms with Gasteiger partial charge in [0.1, 0.15) is 5.25 Å². The molecule has 1 unspecified atom stereocenters. The zero-order valence-corrected chi connectivity index (χ0v) is 13.7. The second-order valence-electron chi connectivity index (χ2n) is 4.16. The minimum atomic E-state index is -3.65. The summed E-state index contributed by atoms with van der Waals surface area (Å²) in [6.45, 7) is 6.12. The smallest absolute Gasteiger partial charge is 0.240 e. The second-order valence-corrected chi connectivity index (χ2v) is 7.34. The van der Waals surface area contributed by atoms with E-state index < -0.39 is 15.1 Å². The van der Waals surface area contributed by atoms with E-state index in [1.807, 2.05) is 13.8 Å². The summed E-state index contributed by atoms with van der Waals surface area (Å²) in [5.41, 5.74) is 0. The Labute approximate surface area is 122 Å². The van der Waals surface area contributed by atoms with Crippen LogP contribution in [0.5, 0.6) is 0 Å². The monoisotopic (exact) mass is 347 g/mol. The Kier molecular flexibility index (Phi) is 5.55. The summed E-state index contributed by atoms with van der Waals surface area (Å²) in [6.07, 6.45) is 0. The molecule has 0 aromatic heterocycles. The van der Waals surface area contributed by atoms with Gasteiger partial charge < -0.3 is 4.90 Å². The van der Waals surface area contributed by atoms with Gasteiger partial charge in [-0.1, -0.05) is 22.0 Å². The van der Waals surface area contributed by atoms with E-state index in [9.17, 15) is 13.2 Å². The van der Waals surface area contributed by atoms with E-state index in [1.165, 1.54) is 24.0 Å². The molecule has 0 spiro atoms. The average Bonchev–Trinajstić information content (AvgIpc) is 2.39. The van der Waals surface area contributed by atoms with Crippen LogP contribution in [-0.4, -0.2) is 37.6 Å². The van der Waals surface area contributed by atoms with Gasteiger partial charge in [0.25, 0.3) is 0 Å². The molecule has 0 aliphatic heterocycles. The third kappa shape index (κ3) is 3.57. The van der Waals surface area contributed by atoms with Crippen LogP contribution in [-0.2, 0) is 14.6 Å². The molecule has 0 bridgehead atoms. The van der Waals surface area contributed by atoms with Crippen molar-refractivity contribution in [2.75, 3.05) is 13.1 Å². The average molecular weight is 348 g/mol. The lowest BCUT2D eigenvalue weighted by Gasteiger charge is -2.22. The van der Waals surface area contributed by atoms with Gasteiger partial charge in [0.2, 0.25) is 5.91 Å². The Morgan fingerprint density at radius 2 is 1.89 bits per heavy atom. The van der Waals surface area contributed by atoms with Crippen LogP contribution >= 0.6 is 15.9 Å². The number of sulfone groups is 1. The van der Waals surface area contributed by atoms with E-state index in [-0.39, 0.29) is 10.8 Å². The van der Waals surface area contributed by atoms with E-state index in [2.05, 4.69) is 15.9 Å². The van der Waals surface area contributed by atoms with E-state index in [0.29, 0.717) is 17.6 Å². The number of halogens is 1. The van der Waals surface area contributed by atoms with Gasteiger partial charge in [-0.2, -0.15) is 0 Å². The van der Waals surface area contributed by atoms with E-state index in [0.717, 1.165) is 0 Å². The van der Waals surface area contributed by atoms with Crippen molar-refractivity contribution in [3.63, 3.8) is 0 Å². The summed E-state index contributed by atoms with van der Waals surface area (Å²) in [6, 6.07) is 6.41. The zero-order valence-electron chi connectivity index (χ0n) is 11.3. The molecule has 0 aliphatic carbocycles. The van der Waals surface area contributed by atoms with Gasteiger partial charge in [0.05, 0.1) is 4.90 Å². The Morgan fingerprint density at radius 3 is 2.37 bits per heavy atom. The molecule has 0 fully saturated rings. The van der Waals surface area contributed by atoms with Crippen molar-refractivity contribution in [2.45, 2.75) is 30.9 Å². The standard InChI is InChI=1S/C13H18BrNO3S/c1-4-15(5-2)13(16)10(3)19(17,18)12-8-6-7-11(14)9-12/h6-10H,4-5H2,1-3H3. The molecule has 1 amide bonds. The van der Waals surface area contributed by atoms with Crippen molar-refractivity contribution in [2.24, 2.45) is 0 Å². The molecule has 6 heteroatoms. The normalized spacial score (nSPS) is 13.1. The summed E-state index contributed by atoms with van der Waals surface area (Å²) < 4.78 is 25.5. The van der Waals surface area contributed by atoms with Crippen LogP contribution in [0.3, 0.4) is 0 Å². The maximum absolute atomic E-state index is 12.4. The second kappa shape index (κ2) is 6.52.